The van der Waals surface area contributed by atoms with Gasteiger partial charge in [-0.05, 0) is 30.4 Å². The van der Waals surface area contributed by atoms with E-state index in [1.165, 1.54) is 5.00 Å². The molecule has 0 radical (unpaired) electrons. The normalized spacial score (nSPS) is 12.8. The second kappa shape index (κ2) is 5.17. The number of nitrogens with one attached hydrogen (secondary N) is 1. The Morgan fingerprint density at radius 2 is 2.50 bits per heavy atom. The summed E-state index contributed by atoms with van der Waals surface area (Å²) in [4.78, 5) is 0. The highest BCUT2D eigenvalue weighted by molar-refractivity contribution is 7.14. The standard InChI is InChI=1S/C9H16N2S/c1-2-8(10)5-6-11-9-4-3-7-12-9/h3-4,7-8,11H,2,5-6,10H2,1H3. The Hall–Kier alpha value is -0.540. The van der Waals surface area contributed by atoms with E-state index < -0.39 is 0 Å². The molecule has 0 saturated carbocycles. The van der Waals surface area contributed by atoms with Crippen molar-refractivity contribution in [3.8, 4) is 0 Å². The second-order valence-electron chi connectivity index (χ2n) is 2.86. The summed E-state index contributed by atoms with van der Waals surface area (Å²) in [6.07, 6.45) is 2.11. The summed E-state index contributed by atoms with van der Waals surface area (Å²) >= 11 is 1.73. The van der Waals surface area contributed by atoms with Crippen LogP contribution >= 0.6 is 11.3 Å². The fourth-order valence-corrected chi connectivity index (χ4v) is 1.61. The van der Waals surface area contributed by atoms with Gasteiger partial charge in [-0.15, -0.1) is 11.3 Å². The summed E-state index contributed by atoms with van der Waals surface area (Å²) in [6.45, 7) is 3.10. The van der Waals surface area contributed by atoms with Crippen molar-refractivity contribution in [2.75, 3.05) is 11.9 Å². The van der Waals surface area contributed by atoms with Crippen molar-refractivity contribution in [3.63, 3.8) is 0 Å². The van der Waals surface area contributed by atoms with E-state index in [0.29, 0.717) is 6.04 Å². The summed E-state index contributed by atoms with van der Waals surface area (Å²) < 4.78 is 0. The van der Waals surface area contributed by atoms with Gasteiger partial charge in [-0.1, -0.05) is 6.92 Å². The number of anilines is 1. The molecule has 3 N–H and O–H groups in total. The zero-order valence-electron chi connectivity index (χ0n) is 7.42. The first-order chi connectivity index (χ1) is 5.83. The Morgan fingerprint density at radius 3 is 3.08 bits per heavy atom. The van der Waals surface area contributed by atoms with Crippen LogP contribution in [0.3, 0.4) is 0 Å². The minimum absolute atomic E-state index is 0.345. The highest BCUT2D eigenvalue weighted by Gasteiger charge is 1.97. The van der Waals surface area contributed by atoms with Crippen LogP contribution in [0, 0.1) is 0 Å². The molecule has 0 aliphatic rings. The highest BCUT2D eigenvalue weighted by atomic mass is 32.1. The maximum absolute atomic E-state index is 5.78. The molecule has 3 heteroatoms. The van der Waals surface area contributed by atoms with E-state index in [1.54, 1.807) is 11.3 Å². The molecule has 1 aromatic rings. The van der Waals surface area contributed by atoms with Crippen LogP contribution in [0.2, 0.25) is 0 Å². The van der Waals surface area contributed by atoms with E-state index in [-0.39, 0.29) is 0 Å². The second-order valence-corrected chi connectivity index (χ2v) is 3.81. The van der Waals surface area contributed by atoms with E-state index >= 15 is 0 Å². The van der Waals surface area contributed by atoms with E-state index in [0.717, 1.165) is 19.4 Å². The molecule has 0 aliphatic heterocycles. The first-order valence-corrected chi connectivity index (χ1v) is 5.24. The van der Waals surface area contributed by atoms with Crippen LogP contribution in [-0.4, -0.2) is 12.6 Å². The van der Waals surface area contributed by atoms with Gasteiger partial charge in [0.05, 0.1) is 5.00 Å². The Morgan fingerprint density at radius 1 is 1.67 bits per heavy atom. The van der Waals surface area contributed by atoms with Crippen molar-refractivity contribution < 1.29 is 0 Å². The molecule has 68 valence electrons. The lowest BCUT2D eigenvalue weighted by molar-refractivity contribution is 0.614. The number of thiophene rings is 1. The molecule has 1 aromatic heterocycles. The average molecular weight is 184 g/mol. The fraction of sp³-hybridized carbons (Fsp3) is 0.556. The van der Waals surface area contributed by atoms with Gasteiger partial charge in [-0.2, -0.15) is 0 Å². The predicted octanol–water partition coefficient (Wildman–Crippen LogP) is 2.29. The van der Waals surface area contributed by atoms with Gasteiger partial charge < -0.3 is 11.1 Å². The lowest BCUT2D eigenvalue weighted by Crippen LogP contribution is -2.21. The van der Waals surface area contributed by atoms with Gasteiger partial charge in [0.15, 0.2) is 0 Å². The van der Waals surface area contributed by atoms with Gasteiger partial charge >= 0.3 is 0 Å². The van der Waals surface area contributed by atoms with E-state index in [1.807, 2.05) is 6.07 Å². The largest absolute Gasteiger partial charge is 0.377 e. The molecule has 1 atom stereocenters. The molecule has 12 heavy (non-hydrogen) atoms. The summed E-state index contributed by atoms with van der Waals surface area (Å²) in [6, 6.07) is 4.48. The third-order valence-electron chi connectivity index (χ3n) is 1.86. The van der Waals surface area contributed by atoms with Crippen molar-refractivity contribution in [1.29, 1.82) is 0 Å². The molecule has 0 fully saturated rings. The van der Waals surface area contributed by atoms with Crippen LogP contribution in [0.5, 0.6) is 0 Å². The van der Waals surface area contributed by atoms with Crippen molar-refractivity contribution in [2.45, 2.75) is 25.8 Å². The number of rotatable bonds is 5. The molecule has 1 rings (SSSR count). The maximum atomic E-state index is 5.78. The van der Waals surface area contributed by atoms with Crippen LogP contribution in [0.4, 0.5) is 5.00 Å². The summed E-state index contributed by atoms with van der Waals surface area (Å²) in [5, 5.41) is 6.63. The third kappa shape index (κ3) is 3.24. The zero-order chi connectivity index (χ0) is 8.81. The lowest BCUT2D eigenvalue weighted by Gasteiger charge is -2.08. The molecule has 1 heterocycles. The maximum Gasteiger partial charge on any atom is 0.0882 e. The number of nitrogens with two attached hydrogens (primary N) is 1. The predicted molar refractivity (Wildman–Crippen MR) is 55.7 cm³/mol. The van der Waals surface area contributed by atoms with Gasteiger partial charge in [0.2, 0.25) is 0 Å². The monoisotopic (exact) mass is 184 g/mol. The molecule has 0 amide bonds. The van der Waals surface area contributed by atoms with Crippen molar-refractivity contribution in [1.82, 2.24) is 0 Å². The number of hydrogen-bond acceptors (Lipinski definition) is 3. The van der Waals surface area contributed by atoms with Crippen LogP contribution < -0.4 is 11.1 Å². The van der Waals surface area contributed by atoms with Crippen molar-refractivity contribution >= 4 is 16.3 Å². The molecule has 0 bridgehead atoms. The minimum atomic E-state index is 0.345. The fourth-order valence-electron chi connectivity index (χ4n) is 0.964. The van der Waals surface area contributed by atoms with Crippen LogP contribution in [0.25, 0.3) is 0 Å². The average Bonchev–Trinajstić information content (AvgIpc) is 2.57. The topological polar surface area (TPSA) is 38.0 Å². The van der Waals surface area contributed by atoms with Gasteiger partial charge in [0, 0.05) is 12.6 Å². The molecule has 0 aliphatic carbocycles. The smallest absolute Gasteiger partial charge is 0.0882 e. The Labute approximate surface area is 77.8 Å². The summed E-state index contributed by atoms with van der Waals surface area (Å²) in [7, 11) is 0. The summed E-state index contributed by atoms with van der Waals surface area (Å²) in [5.74, 6) is 0. The van der Waals surface area contributed by atoms with Gasteiger partial charge in [0.25, 0.3) is 0 Å². The van der Waals surface area contributed by atoms with Crippen molar-refractivity contribution in [3.05, 3.63) is 17.5 Å². The Balaban J connectivity index is 2.11. The molecule has 2 nitrogen and oxygen atoms in total. The molecule has 0 aromatic carbocycles. The van der Waals surface area contributed by atoms with Crippen LogP contribution in [0.15, 0.2) is 17.5 Å². The molecule has 0 spiro atoms. The molecular weight excluding hydrogens is 168 g/mol. The third-order valence-corrected chi connectivity index (χ3v) is 2.69. The first-order valence-electron chi connectivity index (χ1n) is 4.36. The lowest BCUT2D eigenvalue weighted by atomic mass is 10.2. The van der Waals surface area contributed by atoms with E-state index in [4.69, 9.17) is 5.73 Å². The Kier molecular flexibility index (Phi) is 4.11. The van der Waals surface area contributed by atoms with Crippen LogP contribution in [-0.2, 0) is 0 Å². The molecular formula is C9H16N2S. The summed E-state index contributed by atoms with van der Waals surface area (Å²) in [5.41, 5.74) is 5.78. The van der Waals surface area contributed by atoms with E-state index in [9.17, 15) is 0 Å². The molecule has 0 saturated heterocycles. The molecule has 1 unspecified atom stereocenters. The van der Waals surface area contributed by atoms with Crippen LogP contribution in [0.1, 0.15) is 19.8 Å². The van der Waals surface area contributed by atoms with Gasteiger partial charge in [-0.3, -0.25) is 0 Å². The SMILES string of the molecule is CCC(N)CCNc1cccs1. The zero-order valence-corrected chi connectivity index (χ0v) is 8.23. The van der Waals surface area contributed by atoms with Crippen molar-refractivity contribution in [2.24, 2.45) is 5.73 Å². The Bertz CT molecular complexity index is 196. The van der Waals surface area contributed by atoms with E-state index in [2.05, 4.69) is 23.7 Å². The minimum Gasteiger partial charge on any atom is -0.377 e. The first kappa shape index (κ1) is 9.55. The number of hydrogen-bond donors (Lipinski definition) is 2. The van der Waals surface area contributed by atoms with Gasteiger partial charge in [-0.25, -0.2) is 0 Å². The quantitative estimate of drug-likeness (QED) is 0.737. The van der Waals surface area contributed by atoms with Gasteiger partial charge in [0.1, 0.15) is 0 Å². The highest BCUT2D eigenvalue weighted by Crippen LogP contribution is 2.14.